The first-order valence-electron chi connectivity index (χ1n) is 5.10. The molecular formula is C10H22N2O. The third kappa shape index (κ3) is 3.77. The second-order valence-corrected chi connectivity index (χ2v) is 3.61. The van der Waals surface area contributed by atoms with Crippen LogP contribution in [0.3, 0.4) is 0 Å². The Morgan fingerprint density at radius 3 is 2.23 bits per heavy atom. The van der Waals surface area contributed by atoms with Gasteiger partial charge in [0.25, 0.3) is 0 Å². The predicted octanol–water partition coefficient (Wildman–Crippen LogP) is 1.37. The summed E-state index contributed by atoms with van der Waals surface area (Å²) in [4.78, 5) is 13.5. The van der Waals surface area contributed by atoms with E-state index in [-0.39, 0.29) is 18.0 Å². The maximum Gasteiger partial charge on any atom is 0.239 e. The molecule has 3 heteroatoms. The fraction of sp³-hybridized carbons (Fsp3) is 0.900. The Hall–Kier alpha value is -0.570. The molecule has 0 aliphatic heterocycles. The lowest BCUT2D eigenvalue weighted by Gasteiger charge is -2.27. The second kappa shape index (κ2) is 5.97. The molecule has 3 nitrogen and oxygen atoms in total. The third-order valence-electron chi connectivity index (χ3n) is 2.16. The van der Waals surface area contributed by atoms with Crippen molar-refractivity contribution < 1.29 is 4.79 Å². The molecule has 1 atom stereocenters. The van der Waals surface area contributed by atoms with E-state index < -0.39 is 0 Å². The zero-order valence-electron chi connectivity index (χ0n) is 9.21. The summed E-state index contributed by atoms with van der Waals surface area (Å²) < 4.78 is 0. The number of likely N-dealkylation sites (N-methyl/N-ethyl adjacent to an activating group) is 1. The van der Waals surface area contributed by atoms with Crippen molar-refractivity contribution in [2.24, 2.45) is 5.73 Å². The maximum absolute atomic E-state index is 11.7. The number of hydrogen-bond donors (Lipinski definition) is 1. The molecule has 0 spiro atoms. The Labute approximate surface area is 81.3 Å². The van der Waals surface area contributed by atoms with Crippen molar-refractivity contribution in [3.05, 3.63) is 0 Å². The van der Waals surface area contributed by atoms with Crippen molar-refractivity contribution in [1.29, 1.82) is 0 Å². The highest BCUT2D eigenvalue weighted by Crippen LogP contribution is 2.04. The third-order valence-corrected chi connectivity index (χ3v) is 2.16. The molecule has 0 heterocycles. The van der Waals surface area contributed by atoms with E-state index in [1.807, 2.05) is 32.6 Å². The topological polar surface area (TPSA) is 46.3 Å². The van der Waals surface area contributed by atoms with Gasteiger partial charge in [-0.15, -0.1) is 0 Å². The molecule has 0 saturated carbocycles. The molecule has 0 aromatic rings. The molecule has 0 radical (unpaired) electrons. The van der Waals surface area contributed by atoms with Gasteiger partial charge in [0, 0.05) is 12.6 Å². The number of nitrogens with two attached hydrogens (primary N) is 1. The van der Waals surface area contributed by atoms with Crippen molar-refractivity contribution in [3.8, 4) is 0 Å². The van der Waals surface area contributed by atoms with Crippen LogP contribution < -0.4 is 5.73 Å². The molecule has 0 fully saturated rings. The van der Waals surface area contributed by atoms with Crippen LogP contribution in [0.25, 0.3) is 0 Å². The largest absolute Gasteiger partial charge is 0.339 e. The number of hydrogen-bond acceptors (Lipinski definition) is 2. The Bertz CT molecular complexity index is 157. The summed E-state index contributed by atoms with van der Waals surface area (Å²) in [7, 11) is 0. The molecule has 13 heavy (non-hydrogen) atoms. The number of rotatable bonds is 5. The van der Waals surface area contributed by atoms with Gasteiger partial charge < -0.3 is 10.6 Å². The van der Waals surface area contributed by atoms with E-state index in [0.29, 0.717) is 0 Å². The van der Waals surface area contributed by atoms with Gasteiger partial charge in [-0.2, -0.15) is 0 Å². The van der Waals surface area contributed by atoms with Crippen LogP contribution in [0.1, 0.15) is 40.5 Å². The van der Waals surface area contributed by atoms with Crippen LogP contribution in [0.2, 0.25) is 0 Å². The predicted molar refractivity (Wildman–Crippen MR) is 55.4 cm³/mol. The number of amides is 1. The van der Waals surface area contributed by atoms with Gasteiger partial charge >= 0.3 is 0 Å². The summed E-state index contributed by atoms with van der Waals surface area (Å²) in [5, 5.41) is 0. The van der Waals surface area contributed by atoms with Gasteiger partial charge in [-0.3, -0.25) is 4.79 Å². The van der Waals surface area contributed by atoms with Crippen molar-refractivity contribution in [3.63, 3.8) is 0 Å². The molecule has 78 valence electrons. The van der Waals surface area contributed by atoms with E-state index in [9.17, 15) is 4.79 Å². The van der Waals surface area contributed by atoms with Gasteiger partial charge in [0.2, 0.25) is 5.91 Å². The summed E-state index contributed by atoms with van der Waals surface area (Å²) in [6, 6.07) is -0.0623. The first kappa shape index (κ1) is 12.4. The van der Waals surface area contributed by atoms with Gasteiger partial charge in [0.1, 0.15) is 0 Å². The summed E-state index contributed by atoms with van der Waals surface area (Å²) in [5.41, 5.74) is 5.75. The van der Waals surface area contributed by atoms with E-state index in [2.05, 4.69) is 0 Å². The Kier molecular flexibility index (Phi) is 5.71. The quantitative estimate of drug-likeness (QED) is 0.705. The number of carbonyl (C=O) groups is 1. The Balaban J connectivity index is 4.19. The minimum atomic E-state index is -0.313. The SMILES string of the molecule is CCCC(N)C(=O)N(CC)C(C)C. The van der Waals surface area contributed by atoms with E-state index in [1.165, 1.54) is 0 Å². The average molecular weight is 186 g/mol. The zero-order valence-corrected chi connectivity index (χ0v) is 9.21. The van der Waals surface area contributed by atoms with Crippen molar-refractivity contribution in [2.75, 3.05) is 6.54 Å². The highest BCUT2D eigenvalue weighted by molar-refractivity contribution is 5.81. The van der Waals surface area contributed by atoms with Crippen molar-refractivity contribution >= 4 is 5.91 Å². The number of carbonyl (C=O) groups excluding carboxylic acids is 1. The van der Waals surface area contributed by atoms with Crippen LogP contribution in [0.15, 0.2) is 0 Å². The molecule has 0 aromatic carbocycles. The van der Waals surface area contributed by atoms with Crippen molar-refractivity contribution in [2.45, 2.75) is 52.6 Å². The zero-order chi connectivity index (χ0) is 10.4. The molecule has 0 bridgehead atoms. The van der Waals surface area contributed by atoms with Gasteiger partial charge in [-0.25, -0.2) is 0 Å². The van der Waals surface area contributed by atoms with Crippen LogP contribution in [0.5, 0.6) is 0 Å². The van der Waals surface area contributed by atoms with Gasteiger partial charge in [0.05, 0.1) is 6.04 Å². The lowest BCUT2D eigenvalue weighted by molar-refractivity contribution is -0.134. The minimum Gasteiger partial charge on any atom is -0.339 e. The van der Waals surface area contributed by atoms with Crippen LogP contribution >= 0.6 is 0 Å². The van der Waals surface area contributed by atoms with E-state index in [4.69, 9.17) is 5.73 Å². The molecule has 0 saturated heterocycles. The molecule has 1 amide bonds. The van der Waals surface area contributed by atoms with E-state index >= 15 is 0 Å². The number of nitrogens with zero attached hydrogens (tertiary/aromatic N) is 1. The summed E-state index contributed by atoms with van der Waals surface area (Å²) >= 11 is 0. The highest BCUT2D eigenvalue weighted by atomic mass is 16.2. The fourth-order valence-corrected chi connectivity index (χ4v) is 1.42. The van der Waals surface area contributed by atoms with Crippen molar-refractivity contribution in [1.82, 2.24) is 4.90 Å². The Morgan fingerprint density at radius 2 is 1.92 bits per heavy atom. The van der Waals surface area contributed by atoms with Gasteiger partial charge in [-0.05, 0) is 27.2 Å². The first-order chi connectivity index (χ1) is 6.04. The van der Waals surface area contributed by atoms with E-state index in [1.54, 1.807) is 0 Å². The minimum absolute atomic E-state index is 0.0827. The van der Waals surface area contributed by atoms with E-state index in [0.717, 1.165) is 19.4 Å². The molecule has 1 unspecified atom stereocenters. The molecular weight excluding hydrogens is 164 g/mol. The lowest BCUT2D eigenvalue weighted by atomic mass is 10.1. The van der Waals surface area contributed by atoms with Crippen LogP contribution in [-0.2, 0) is 4.79 Å². The molecule has 0 aliphatic carbocycles. The van der Waals surface area contributed by atoms with Crippen LogP contribution in [0, 0.1) is 0 Å². The summed E-state index contributed by atoms with van der Waals surface area (Å²) in [6.45, 7) is 8.80. The second-order valence-electron chi connectivity index (χ2n) is 3.61. The highest BCUT2D eigenvalue weighted by Gasteiger charge is 2.20. The molecule has 0 aliphatic rings. The summed E-state index contributed by atoms with van der Waals surface area (Å²) in [5.74, 6) is 0.0827. The summed E-state index contributed by atoms with van der Waals surface area (Å²) in [6.07, 6.45) is 1.74. The van der Waals surface area contributed by atoms with Crippen LogP contribution in [-0.4, -0.2) is 29.4 Å². The smallest absolute Gasteiger partial charge is 0.239 e. The average Bonchev–Trinajstić information content (AvgIpc) is 2.05. The molecule has 0 aromatic heterocycles. The standard InChI is InChI=1S/C10H22N2O/c1-5-7-9(11)10(13)12(6-2)8(3)4/h8-9H,5-7,11H2,1-4H3. The monoisotopic (exact) mass is 186 g/mol. The van der Waals surface area contributed by atoms with Gasteiger partial charge in [-0.1, -0.05) is 13.3 Å². The maximum atomic E-state index is 11.7. The lowest BCUT2D eigenvalue weighted by Crippen LogP contribution is -2.46. The molecule has 0 rings (SSSR count). The van der Waals surface area contributed by atoms with Gasteiger partial charge in [0.15, 0.2) is 0 Å². The fourth-order valence-electron chi connectivity index (χ4n) is 1.42. The first-order valence-corrected chi connectivity index (χ1v) is 5.10. The Morgan fingerprint density at radius 1 is 1.38 bits per heavy atom. The van der Waals surface area contributed by atoms with Crippen LogP contribution in [0.4, 0.5) is 0 Å². The normalized spacial score (nSPS) is 13.1. The molecule has 2 N–H and O–H groups in total.